The van der Waals surface area contributed by atoms with Crippen LogP contribution in [0.2, 0.25) is 0 Å². The van der Waals surface area contributed by atoms with Crippen LogP contribution in [0.3, 0.4) is 0 Å². The minimum absolute atomic E-state index is 0.000368. The third-order valence-electron chi connectivity index (χ3n) is 3.12. The predicted octanol–water partition coefficient (Wildman–Crippen LogP) is 0.987. The van der Waals surface area contributed by atoms with Crippen LogP contribution in [0.15, 0.2) is 42.7 Å². The van der Waals surface area contributed by atoms with Crippen molar-refractivity contribution in [3.63, 3.8) is 0 Å². The van der Waals surface area contributed by atoms with Crippen LogP contribution in [0.25, 0.3) is 16.9 Å². The van der Waals surface area contributed by atoms with Gasteiger partial charge in [-0.05, 0) is 17.7 Å². The van der Waals surface area contributed by atoms with E-state index in [4.69, 9.17) is 10.8 Å². The van der Waals surface area contributed by atoms with E-state index in [-0.39, 0.29) is 6.61 Å². The van der Waals surface area contributed by atoms with Crippen molar-refractivity contribution in [2.24, 2.45) is 5.73 Å². The Labute approximate surface area is 114 Å². The number of aliphatic hydroxyl groups excluding tert-OH is 1. The van der Waals surface area contributed by atoms with Gasteiger partial charge in [-0.15, -0.1) is 0 Å². The molecule has 1 aromatic carbocycles. The highest BCUT2D eigenvalue weighted by molar-refractivity contribution is 5.99. The van der Waals surface area contributed by atoms with Crippen LogP contribution in [0.5, 0.6) is 0 Å². The van der Waals surface area contributed by atoms with Crippen LogP contribution in [0, 0.1) is 0 Å². The molecule has 0 spiro atoms. The number of pyridine rings is 1. The molecule has 1 amide bonds. The summed E-state index contributed by atoms with van der Waals surface area (Å²) in [6.45, 7) is -0.000368. The number of primary amides is 1. The molecule has 0 aliphatic rings. The van der Waals surface area contributed by atoms with Crippen LogP contribution in [0.1, 0.15) is 15.9 Å². The summed E-state index contributed by atoms with van der Waals surface area (Å²) in [4.78, 5) is 15.4. The van der Waals surface area contributed by atoms with Gasteiger partial charge < -0.3 is 10.8 Å². The molecule has 0 radical (unpaired) electrons. The molecule has 3 aromatic rings. The number of hydrogen-bond acceptors (Lipinski definition) is 4. The number of aromatic nitrogens is 3. The monoisotopic (exact) mass is 268 g/mol. The molecule has 2 aromatic heterocycles. The van der Waals surface area contributed by atoms with E-state index in [1.165, 1.54) is 6.33 Å². The van der Waals surface area contributed by atoms with Gasteiger partial charge >= 0.3 is 0 Å². The highest BCUT2D eigenvalue weighted by Crippen LogP contribution is 2.22. The molecule has 20 heavy (non-hydrogen) atoms. The summed E-state index contributed by atoms with van der Waals surface area (Å²) in [6.07, 6.45) is 1.38. The molecule has 0 saturated carbocycles. The molecule has 0 saturated heterocycles. The Morgan fingerprint density at radius 2 is 1.95 bits per heavy atom. The minimum atomic E-state index is -0.537. The van der Waals surface area contributed by atoms with Crippen molar-refractivity contribution in [1.29, 1.82) is 0 Å². The maximum Gasteiger partial charge on any atom is 0.252 e. The van der Waals surface area contributed by atoms with E-state index in [0.29, 0.717) is 11.2 Å². The number of carbonyl (C=O) groups is 1. The lowest BCUT2D eigenvalue weighted by Gasteiger charge is -2.07. The number of benzene rings is 1. The van der Waals surface area contributed by atoms with Crippen LogP contribution >= 0.6 is 0 Å². The number of nitrogens with two attached hydrogens (primary N) is 1. The fraction of sp³-hybridized carbons (Fsp3) is 0.0714. The average molecular weight is 268 g/mol. The zero-order valence-electron chi connectivity index (χ0n) is 10.5. The largest absolute Gasteiger partial charge is 0.392 e. The first-order valence-electron chi connectivity index (χ1n) is 6.03. The number of fused-ring (bicyclic) bond motifs is 1. The second kappa shape index (κ2) is 4.75. The lowest BCUT2D eigenvalue weighted by atomic mass is 10.1. The average Bonchev–Trinajstić information content (AvgIpc) is 2.95. The SMILES string of the molecule is NC(=O)c1ccc(-c2ccc(CO)cc2)n2ncnc12. The molecule has 0 aliphatic heterocycles. The van der Waals surface area contributed by atoms with Gasteiger partial charge in [-0.3, -0.25) is 4.79 Å². The zero-order valence-corrected chi connectivity index (χ0v) is 10.5. The number of amides is 1. The van der Waals surface area contributed by atoms with Gasteiger partial charge in [-0.2, -0.15) is 5.10 Å². The quantitative estimate of drug-likeness (QED) is 0.740. The van der Waals surface area contributed by atoms with E-state index >= 15 is 0 Å². The summed E-state index contributed by atoms with van der Waals surface area (Å²) in [5.41, 5.74) is 8.62. The first-order chi connectivity index (χ1) is 9.70. The maximum absolute atomic E-state index is 11.4. The molecule has 3 N–H and O–H groups in total. The van der Waals surface area contributed by atoms with Gasteiger partial charge in [-0.25, -0.2) is 9.50 Å². The fourth-order valence-electron chi connectivity index (χ4n) is 2.10. The van der Waals surface area contributed by atoms with Crippen LogP contribution < -0.4 is 5.73 Å². The Hall–Kier alpha value is -2.73. The van der Waals surface area contributed by atoms with Gasteiger partial charge in [0.25, 0.3) is 5.91 Å². The van der Waals surface area contributed by atoms with E-state index in [1.807, 2.05) is 24.3 Å². The first-order valence-corrected chi connectivity index (χ1v) is 6.03. The maximum atomic E-state index is 11.4. The molecule has 0 atom stereocenters. The van der Waals surface area contributed by atoms with Gasteiger partial charge in [0, 0.05) is 5.56 Å². The summed E-state index contributed by atoms with van der Waals surface area (Å²) in [5, 5.41) is 13.2. The zero-order chi connectivity index (χ0) is 14.1. The molecule has 0 fully saturated rings. The molecule has 0 unspecified atom stereocenters. The van der Waals surface area contributed by atoms with Gasteiger partial charge in [0.15, 0.2) is 5.65 Å². The van der Waals surface area contributed by atoms with E-state index in [9.17, 15) is 4.79 Å². The Bertz CT molecular complexity index is 777. The van der Waals surface area contributed by atoms with Gasteiger partial charge in [0.1, 0.15) is 6.33 Å². The molecule has 2 heterocycles. The van der Waals surface area contributed by atoms with Crippen molar-refractivity contribution >= 4 is 11.6 Å². The van der Waals surface area contributed by atoms with Crippen LogP contribution in [-0.2, 0) is 6.61 Å². The molecule has 6 heteroatoms. The Morgan fingerprint density at radius 3 is 2.60 bits per heavy atom. The highest BCUT2D eigenvalue weighted by atomic mass is 16.3. The second-order valence-corrected chi connectivity index (χ2v) is 4.35. The Balaban J connectivity index is 2.19. The lowest BCUT2D eigenvalue weighted by molar-refractivity contribution is 0.100. The molecule has 3 rings (SSSR count). The van der Waals surface area contributed by atoms with Crippen molar-refractivity contribution in [3.8, 4) is 11.3 Å². The molecule has 0 aliphatic carbocycles. The first kappa shape index (κ1) is 12.3. The topological polar surface area (TPSA) is 93.5 Å². The summed E-state index contributed by atoms with van der Waals surface area (Å²) in [5.74, 6) is -0.537. The summed E-state index contributed by atoms with van der Waals surface area (Å²) in [7, 11) is 0. The van der Waals surface area contributed by atoms with Crippen molar-refractivity contribution in [2.75, 3.05) is 0 Å². The Morgan fingerprint density at radius 1 is 1.20 bits per heavy atom. The molecular weight excluding hydrogens is 256 g/mol. The fourth-order valence-corrected chi connectivity index (χ4v) is 2.10. The highest BCUT2D eigenvalue weighted by Gasteiger charge is 2.12. The van der Waals surface area contributed by atoms with E-state index in [0.717, 1.165) is 16.8 Å². The molecule has 100 valence electrons. The summed E-state index contributed by atoms with van der Waals surface area (Å²) < 4.78 is 1.58. The molecule has 6 nitrogen and oxygen atoms in total. The second-order valence-electron chi connectivity index (χ2n) is 4.35. The predicted molar refractivity (Wildman–Crippen MR) is 72.9 cm³/mol. The van der Waals surface area contributed by atoms with Gasteiger partial charge in [0.05, 0.1) is 17.9 Å². The van der Waals surface area contributed by atoms with Crippen molar-refractivity contribution in [3.05, 3.63) is 53.9 Å². The number of nitrogens with zero attached hydrogens (tertiary/aromatic N) is 3. The Kier molecular flexibility index (Phi) is 2.92. The summed E-state index contributed by atoms with van der Waals surface area (Å²) >= 11 is 0. The van der Waals surface area contributed by atoms with Crippen molar-refractivity contribution < 1.29 is 9.90 Å². The number of carbonyl (C=O) groups excluding carboxylic acids is 1. The van der Waals surface area contributed by atoms with E-state index < -0.39 is 5.91 Å². The smallest absolute Gasteiger partial charge is 0.252 e. The molecule has 0 bridgehead atoms. The molecular formula is C14H12N4O2. The van der Waals surface area contributed by atoms with Gasteiger partial charge in [0.2, 0.25) is 0 Å². The number of aliphatic hydroxyl groups is 1. The number of hydrogen-bond donors (Lipinski definition) is 2. The standard InChI is InChI=1S/C14H12N4O2/c15-13(20)11-5-6-12(18-14(11)16-8-17-18)10-3-1-9(7-19)2-4-10/h1-6,8,19H,7H2,(H2,15,20). The van der Waals surface area contributed by atoms with Crippen molar-refractivity contribution in [2.45, 2.75) is 6.61 Å². The van der Waals surface area contributed by atoms with E-state index in [2.05, 4.69) is 10.1 Å². The van der Waals surface area contributed by atoms with Crippen LogP contribution in [-0.4, -0.2) is 25.6 Å². The summed E-state index contributed by atoms with van der Waals surface area (Å²) in [6, 6.07) is 10.8. The van der Waals surface area contributed by atoms with Crippen LogP contribution in [0.4, 0.5) is 0 Å². The van der Waals surface area contributed by atoms with Gasteiger partial charge in [-0.1, -0.05) is 24.3 Å². The minimum Gasteiger partial charge on any atom is -0.392 e. The number of rotatable bonds is 3. The third-order valence-corrected chi connectivity index (χ3v) is 3.12. The lowest BCUT2D eigenvalue weighted by Crippen LogP contribution is -2.13. The third kappa shape index (κ3) is 1.92. The van der Waals surface area contributed by atoms with E-state index in [1.54, 1.807) is 16.6 Å². The normalized spacial score (nSPS) is 10.8. The van der Waals surface area contributed by atoms with Crippen molar-refractivity contribution in [1.82, 2.24) is 14.6 Å².